The van der Waals surface area contributed by atoms with Crippen molar-refractivity contribution < 1.29 is 18.3 Å². The standard InChI is InChI=1S/C18H14F2N4O2/c19-11-1-3-14(13(20)9-11)23-17-5-6-21-18(24-17)22-12-2-4-15-16(10-12)26-8-7-25-15/h1-6,9-10H,7-8H2,(H2,21,22,23,24). The van der Waals surface area contributed by atoms with Crippen LogP contribution in [0.3, 0.4) is 0 Å². The van der Waals surface area contributed by atoms with Crippen molar-refractivity contribution in [3.63, 3.8) is 0 Å². The lowest BCUT2D eigenvalue weighted by Gasteiger charge is -2.19. The highest BCUT2D eigenvalue weighted by atomic mass is 19.1. The van der Waals surface area contributed by atoms with Gasteiger partial charge in [-0.2, -0.15) is 4.98 Å². The fourth-order valence-electron chi connectivity index (χ4n) is 2.47. The van der Waals surface area contributed by atoms with Gasteiger partial charge in [0.25, 0.3) is 0 Å². The number of hydrogen-bond acceptors (Lipinski definition) is 6. The number of nitrogens with one attached hydrogen (secondary N) is 2. The molecule has 6 nitrogen and oxygen atoms in total. The summed E-state index contributed by atoms with van der Waals surface area (Å²) in [6.07, 6.45) is 1.52. The fourth-order valence-corrected chi connectivity index (χ4v) is 2.47. The molecule has 1 aliphatic rings. The highest BCUT2D eigenvalue weighted by molar-refractivity contribution is 5.62. The fraction of sp³-hybridized carbons (Fsp3) is 0.111. The van der Waals surface area contributed by atoms with Gasteiger partial charge in [-0.1, -0.05) is 0 Å². The summed E-state index contributed by atoms with van der Waals surface area (Å²) >= 11 is 0. The summed E-state index contributed by atoms with van der Waals surface area (Å²) < 4.78 is 37.8. The van der Waals surface area contributed by atoms with Crippen LogP contribution in [0.2, 0.25) is 0 Å². The first-order valence-corrected chi connectivity index (χ1v) is 7.89. The Hall–Kier alpha value is -3.42. The van der Waals surface area contributed by atoms with Crippen molar-refractivity contribution in [3.8, 4) is 11.5 Å². The van der Waals surface area contributed by atoms with Gasteiger partial charge in [-0.15, -0.1) is 0 Å². The van der Waals surface area contributed by atoms with Crippen molar-refractivity contribution >= 4 is 23.1 Å². The van der Waals surface area contributed by atoms with E-state index >= 15 is 0 Å². The predicted molar refractivity (Wildman–Crippen MR) is 92.4 cm³/mol. The van der Waals surface area contributed by atoms with Crippen LogP contribution in [0, 0.1) is 11.6 Å². The maximum atomic E-state index is 13.8. The van der Waals surface area contributed by atoms with E-state index in [-0.39, 0.29) is 5.69 Å². The Labute approximate surface area is 147 Å². The molecule has 2 heterocycles. The number of nitrogens with zero attached hydrogens (tertiary/aromatic N) is 2. The molecule has 1 aromatic heterocycles. The minimum absolute atomic E-state index is 0.121. The first kappa shape index (κ1) is 16.1. The van der Waals surface area contributed by atoms with Gasteiger partial charge in [-0.3, -0.25) is 0 Å². The van der Waals surface area contributed by atoms with Crippen molar-refractivity contribution in [1.29, 1.82) is 0 Å². The molecular weight excluding hydrogens is 342 g/mol. The zero-order valence-corrected chi connectivity index (χ0v) is 13.5. The number of fused-ring (bicyclic) bond motifs is 1. The topological polar surface area (TPSA) is 68.3 Å². The number of ether oxygens (including phenoxy) is 2. The third-order valence-corrected chi connectivity index (χ3v) is 3.65. The SMILES string of the molecule is Fc1ccc(Nc2ccnc(Nc3ccc4c(c3)OCCO4)n2)c(F)c1. The molecule has 0 unspecified atom stereocenters. The first-order valence-electron chi connectivity index (χ1n) is 7.89. The molecule has 0 spiro atoms. The van der Waals surface area contributed by atoms with Crippen molar-refractivity contribution in [3.05, 3.63) is 60.3 Å². The third-order valence-electron chi connectivity index (χ3n) is 3.65. The van der Waals surface area contributed by atoms with Crippen LogP contribution < -0.4 is 20.1 Å². The first-order chi connectivity index (χ1) is 12.7. The van der Waals surface area contributed by atoms with Gasteiger partial charge in [0.15, 0.2) is 11.5 Å². The van der Waals surface area contributed by atoms with Crippen molar-refractivity contribution in [2.24, 2.45) is 0 Å². The van der Waals surface area contributed by atoms with Gasteiger partial charge in [-0.05, 0) is 30.3 Å². The molecule has 0 saturated heterocycles. The Balaban J connectivity index is 1.52. The minimum atomic E-state index is -0.704. The molecule has 8 heteroatoms. The van der Waals surface area contributed by atoms with Crippen LogP contribution in [0.4, 0.5) is 31.9 Å². The maximum Gasteiger partial charge on any atom is 0.229 e. The van der Waals surface area contributed by atoms with E-state index in [0.717, 1.165) is 11.8 Å². The summed E-state index contributed by atoms with van der Waals surface area (Å²) in [5.74, 6) is 0.662. The van der Waals surface area contributed by atoms with Crippen LogP contribution in [0.5, 0.6) is 11.5 Å². The number of anilines is 4. The molecule has 2 aromatic carbocycles. The zero-order valence-electron chi connectivity index (χ0n) is 13.5. The second kappa shape index (κ2) is 6.83. The molecule has 132 valence electrons. The average Bonchev–Trinajstić information content (AvgIpc) is 2.64. The molecule has 3 aromatic rings. The van der Waals surface area contributed by atoms with E-state index in [1.807, 2.05) is 6.07 Å². The van der Waals surface area contributed by atoms with Gasteiger partial charge in [0, 0.05) is 24.0 Å². The second-order valence-electron chi connectivity index (χ2n) is 5.50. The van der Waals surface area contributed by atoms with Gasteiger partial charge in [0.2, 0.25) is 5.95 Å². The normalized spacial score (nSPS) is 12.5. The van der Waals surface area contributed by atoms with Crippen molar-refractivity contribution in [1.82, 2.24) is 9.97 Å². The Morgan fingerprint density at radius 3 is 2.58 bits per heavy atom. The number of halogens is 2. The van der Waals surface area contributed by atoms with E-state index in [1.165, 1.54) is 18.3 Å². The summed E-state index contributed by atoms with van der Waals surface area (Å²) in [4.78, 5) is 8.41. The lowest BCUT2D eigenvalue weighted by Crippen LogP contribution is -2.15. The molecule has 0 fully saturated rings. The average molecular weight is 356 g/mol. The monoisotopic (exact) mass is 356 g/mol. The number of benzene rings is 2. The van der Waals surface area contributed by atoms with Gasteiger partial charge >= 0.3 is 0 Å². The molecule has 0 amide bonds. The van der Waals surface area contributed by atoms with Gasteiger partial charge in [-0.25, -0.2) is 13.8 Å². The predicted octanol–water partition coefficient (Wildman–Crippen LogP) is 4.01. The van der Waals surface area contributed by atoms with Crippen LogP contribution in [-0.4, -0.2) is 23.2 Å². The smallest absolute Gasteiger partial charge is 0.229 e. The van der Waals surface area contributed by atoms with E-state index in [2.05, 4.69) is 20.6 Å². The summed E-state index contributed by atoms with van der Waals surface area (Å²) in [6, 6.07) is 10.3. The Kier molecular flexibility index (Phi) is 4.22. The molecule has 0 aliphatic carbocycles. The number of hydrogen-bond donors (Lipinski definition) is 2. The molecule has 0 atom stereocenters. The highest BCUT2D eigenvalue weighted by Crippen LogP contribution is 2.33. The van der Waals surface area contributed by atoms with Gasteiger partial charge in [0.1, 0.15) is 30.7 Å². The van der Waals surface area contributed by atoms with Crippen LogP contribution in [-0.2, 0) is 0 Å². The van der Waals surface area contributed by atoms with E-state index in [4.69, 9.17) is 9.47 Å². The van der Waals surface area contributed by atoms with E-state index in [0.29, 0.717) is 36.5 Å². The summed E-state index contributed by atoms with van der Waals surface area (Å²) in [5.41, 5.74) is 0.842. The molecule has 2 N–H and O–H groups in total. The quantitative estimate of drug-likeness (QED) is 0.736. The van der Waals surface area contributed by atoms with Gasteiger partial charge in [0.05, 0.1) is 5.69 Å². The lowest BCUT2D eigenvalue weighted by atomic mass is 10.2. The van der Waals surface area contributed by atoms with Crippen LogP contribution in [0.1, 0.15) is 0 Å². The van der Waals surface area contributed by atoms with E-state index in [9.17, 15) is 8.78 Å². The molecule has 0 bridgehead atoms. The Morgan fingerprint density at radius 2 is 1.73 bits per heavy atom. The maximum absolute atomic E-state index is 13.8. The number of rotatable bonds is 4. The summed E-state index contributed by atoms with van der Waals surface area (Å²) in [5, 5.41) is 5.85. The Bertz CT molecular complexity index is 952. The van der Waals surface area contributed by atoms with Gasteiger partial charge < -0.3 is 20.1 Å². The van der Waals surface area contributed by atoms with E-state index < -0.39 is 11.6 Å². The number of aromatic nitrogens is 2. The summed E-state index contributed by atoms with van der Waals surface area (Å²) in [6.45, 7) is 1.02. The minimum Gasteiger partial charge on any atom is -0.486 e. The largest absolute Gasteiger partial charge is 0.486 e. The molecule has 0 radical (unpaired) electrons. The van der Waals surface area contributed by atoms with Crippen molar-refractivity contribution in [2.45, 2.75) is 0 Å². The van der Waals surface area contributed by atoms with Crippen LogP contribution in [0.25, 0.3) is 0 Å². The molecule has 26 heavy (non-hydrogen) atoms. The molecule has 1 aliphatic heterocycles. The molecular formula is C18H14F2N4O2. The molecule has 4 rings (SSSR count). The third kappa shape index (κ3) is 3.49. The van der Waals surface area contributed by atoms with Crippen molar-refractivity contribution in [2.75, 3.05) is 23.8 Å². The lowest BCUT2D eigenvalue weighted by molar-refractivity contribution is 0.171. The van der Waals surface area contributed by atoms with Crippen LogP contribution in [0.15, 0.2) is 48.7 Å². The highest BCUT2D eigenvalue weighted by Gasteiger charge is 2.12. The zero-order chi connectivity index (χ0) is 17.9. The summed E-state index contributed by atoms with van der Waals surface area (Å²) in [7, 11) is 0. The Morgan fingerprint density at radius 1 is 0.885 bits per heavy atom. The molecule has 0 saturated carbocycles. The second-order valence-corrected chi connectivity index (χ2v) is 5.50. The van der Waals surface area contributed by atoms with E-state index in [1.54, 1.807) is 18.2 Å². The van der Waals surface area contributed by atoms with Crippen LogP contribution >= 0.6 is 0 Å².